The molecule has 1 heterocycles. The zero-order valence-electron chi connectivity index (χ0n) is 9.72. The van der Waals surface area contributed by atoms with Gasteiger partial charge in [-0.3, -0.25) is 4.79 Å². The molecule has 0 aromatic carbocycles. The van der Waals surface area contributed by atoms with Crippen molar-refractivity contribution in [1.29, 1.82) is 0 Å². The number of rotatable bonds is 3. The number of hydrogen-bond acceptors (Lipinski definition) is 5. The molecule has 0 bridgehead atoms. The van der Waals surface area contributed by atoms with Crippen molar-refractivity contribution in [2.75, 3.05) is 0 Å². The number of primary amides is 1. The Morgan fingerprint density at radius 1 is 1.53 bits per heavy atom. The molecule has 2 unspecified atom stereocenters. The van der Waals surface area contributed by atoms with Crippen LogP contribution in [0.4, 0.5) is 0 Å². The number of nitrogens with two attached hydrogens (primary N) is 2. The first-order valence-corrected chi connectivity index (χ1v) is 6.42. The standard InChI is InChI=1S/C11H16N4OS/c1-7-5-14-10(15-6-7)17-8-2-3-11(13,4-8)9(12)16/h5-6,8H,2-4,13H2,1H3,(H2,12,16). The largest absolute Gasteiger partial charge is 0.368 e. The number of carbonyl (C=O) groups is 1. The molecule has 17 heavy (non-hydrogen) atoms. The van der Waals surface area contributed by atoms with Gasteiger partial charge >= 0.3 is 0 Å². The summed E-state index contributed by atoms with van der Waals surface area (Å²) in [6.45, 7) is 1.95. The average Bonchev–Trinajstić information content (AvgIpc) is 2.65. The highest BCUT2D eigenvalue weighted by Crippen LogP contribution is 2.37. The molecule has 1 aromatic heterocycles. The highest BCUT2D eigenvalue weighted by Gasteiger charge is 2.41. The van der Waals surface area contributed by atoms with Crippen LogP contribution in [0.25, 0.3) is 0 Å². The Morgan fingerprint density at radius 3 is 2.71 bits per heavy atom. The predicted molar refractivity (Wildman–Crippen MR) is 66.4 cm³/mol. The maximum Gasteiger partial charge on any atom is 0.237 e. The maximum absolute atomic E-state index is 11.2. The van der Waals surface area contributed by atoms with E-state index in [0.717, 1.165) is 17.1 Å². The van der Waals surface area contributed by atoms with Crippen LogP contribution in [0.5, 0.6) is 0 Å². The van der Waals surface area contributed by atoms with Gasteiger partial charge in [-0.2, -0.15) is 0 Å². The Hall–Kier alpha value is -1.14. The smallest absolute Gasteiger partial charge is 0.237 e. The van der Waals surface area contributed by atoms with Crippen LogP contribution in [0.15, 0.2) is 17.6 Å². The van der Waals surface area contributed by atoms with Gasteiger partial charge in [0.1, 0.15) is 0 Å². The molecule has 0 aliphatic heterocycles. The van der Waals surface area contributed by atoms with Gasteiger partial charge in [0.05, 0.1) is 5.54 Å². The van der Waals surface area contributed by atoms with Crippen molar-refractivity contribution in [1.82, 2.24) is 9.97 Å². The van der Waals surface area contributed by atoms with Crippen molar-refractivity contribution < 1.29 is 4.79 Å². The van der Waals surface area contributed by atoms with Gasteiger partial charge in [-0.25, -0.2) is 9.97 Å². The zero-order valence-corrected chi connectivity index (χ0v) is 10.5. The van der Waals surface area contributed by atoms with Gasteiger partial charge in [0.2, 0.25) is 5.91 Å². The lowest BCUT2D eigenvalue weighted by Gasteiger charge is -2.18. The normalized spacial score (nSPS) is 28.2. The van der Waals surface area contributed by atoms with Gasteiger partial charge in [0.15, 0.2) is 5.16 Å². The van der Waals surface area contributed by atoms with Gasteiger partial charge < -0.3 is 11.5 Å². The van der Waals surface area contributed by atoms with Gasteiger partial charge in [0.25, 0.3) is 0 Å². The summed E-state index contributed by atoms with van der Waals surface area (Å²) in [5.41, 5.74) is 11.4. The molecule has 1 amide bonds. The molecule has 1 saturated carbocycles. The predicted octanol–water partition coefficient (Wildman–Crippen LogP) is 0.612. The molecular formula is C11H16N4OS. The summed E-state index contributed by atoms with van der Waals surface area (Å²) < 4.78 is 0. The number of aryl methyl sites for hydroxylation is 1. The molecule has 1 aromatic rings. The molecule has 6 heteroatoms. The molecule has 0 spiro atoms. The van der Waals surface area contributed by atoms with Crippen molar-refractivity contribution in [2.24, 2.45) is 11.5 Å². The van der Waals surface area contributed by atoms with Gasteiger partial charge in [-0.05, 0) is 31.7 Å². The summed E-state index contributed by atoms with van der Waals surface area (Å²) in [6, 6.07) is 0. The zero-order chi connectivity index (χ0) is 12.5. The Morgan fingerprint density at radius 2 is 2.18 bits per heavy atom. The molecule has 1 aliphatic rings. The van der Waals surface area contributed by atoms with E-state index in [2.05, 4.69) is 9.97 Å². The average molecular weight is 252 g/mol. The monoisotopic (exact) mass is 252 g/mol. The number of hydrogen-bond donors (Lipinski definition) is 2. The third kappa shape index (κ3) is 2.76. The number of thioether (sulfide) groups is 1. The maximum atomic E-state index is 11.2. The molecule has 92 valence electrons. The fourth-order valence-electron chi connectivity index (χ4n) is 1.94. The summed E-state index contributed by atoms with van der Waals surface area (Å²) in [4.78, 5) is 19.7. The third-order valence-electron chi connectivity index (χ3n) is 3.02. The summed E-state index contributed by atoms with van der Waals surface area (Å²) in [6.07, 6.45) is 5.69. The molecule has 2 atom stereocenters. The second-order valence-corrected chi connectivity index (χ2v) is 5.81. The minimum Gasteiger partial charge on any atom is -0.368 e. The van der Waals surface area contributed by atoms with E-state index in [0.29, 0.717) is 12.8 Å². The van der Waals surface area contributed by atoms with E-state index in [1.165, 1.54) is 0 Å². The van der Waals surface area contributed by atoms with Crippen LogP contribution in [-0.4, -0.2) is 26.7 Å². The molecular weight excluding hydrogens is 236 g/mol. The molecule has 1 aliphatic carbocycles. The lowest BCUT2D eigenvalue weighted by Crippen LogP contribution is -2.50. The quantitative estimate of drug-likeness (QED) is 0.769. The lowest BCUT2D eigenvalue weighted by atomic mass is 9.99. The van der Waals surface area contributed by atoms with Crippen molar-refractivity contribution >= 4 is 17.7 Å². The summed E-state index contributed by atoms with van der Waals surface area (Å²) >= 11 is 1.57. The van der Waals surface area contributed by atoms with Crippen LogP contribution in [-0.2, 0) is 4.79 Å². The van der Waals surface area contributed by atoms with E-state index < -0.39 is 11.4 Å². The van der Waals surface area contributed by atoms with Crippen molar-refractivity contribution in [3.05, 3.63) is 18.0 Å². The van der Waals surface area contributed by atoms with Crippen LogP contribution in [0.3, 0.4) is 0 Å². The van der Waals surface area contributed by atoms with Crippen LogP contribution in [0, 0.1) is 6.92 Å². The van der Waals surface area contributed by atoms with Gasteiger partial charge in [-0.15, -0.1) is 0 Å². The van der Waals surface area contributed by atoms with Crippen LogP contribution < -0.4 is 11.5 Å². The van der Waals surface area contributed by atoms with Crippen molar-refractivity contribution in [3.63, 3.8) is 0 Å². The van der Waals surface area contributed by atoms with Crippen LogP contribution in [0.1, 0.15) is 24.8 Å². The number of carbonyl (C=O) groups excluding carboxylic acids is 1. The minimum absolute atomic E-state index is 0.273. The Bertz CT molecular complexity index is 422. The SMILES string of the molecule is Cc1cnc(SC2CCC(N)(C(N)=O)C2)nc1. The molecule has 5 nitrogen and oxygen atoms in total. The topological polar surface area (TPSA) is 94.9 Å². The van der Waals surface area contributed by atoms with Crippen LogP contribution in [0.2, 0.25) is 0 Å². The Labute approximate surface area is 104 Å². The highest BCUT2D eigenvalue weighted by atomic mass is 32.2. The van der Waals surface area contributed by atoms with E-state index in [1.807, 2.05) is 6.92 Å². The minimum atomic E-state index is -0.845. The number of nitrogens with zero attached hydrogens (tertiary/aromatic N) is 2. The van der Waals surface area contributed by atoms with Crippen molar-refractivity contribution in [3.8, 4) is 0 Å². The Balaban J connectivity index is 1.98. The van der Waals surface area contributed by atoms with E-state index >= 15 is 0 Å². The summed E-state index contributed by atoms with van der Waals surface area (Å²) in [5, 5.41) is 1.00. The first-order valence-electron chi connectivity index (χ1n) is 5.54. The van der Waals surface area contributed by atoms with E-state index in [1.54, 1.807) is 24.2 Å². The van der Waals surface area contributed by atoms with Crippen molar-refractivity contribution in [2.45, 2.75) is 42.1 Å². The molecule has 0 radical (unpaired) electrons. The number of amides is 1. The second-order valence-electron chi connectivity index (χ2n) is 4.55. The van der Waals surface area contributed by atoms with E-state index in [9.17, 15) is 4.79 Å². The summed E-state index contributed by atoms with van der Waals surface area (Å²) in [7, 11) is 0. The van der Waals surface area contributed by atoms with Crippen LogP contribution >= 0.6 is 11.8 Å². The van der Waals surface area contributed by atoms with Gasteiger partial charge in [-0.1, -0.05) is 11.8 Å². The van der Waals surface area contributed by atoms with E-state index in [-0.39, 0.29) is 5.25 Å². The molecule has 0 saturated heterocycles. The number of aromatic nitrogens is 2. The van der Waals surface area contributed by atoms with E-state index in [4.69, 9.17) is 11.5 Å². The first-order chi connectivity index (χ1) is 7.99. The molecule has 1 fully saturated rings. The molecule has 2 rings (SSSR count). The third-order valence-corrected chi connectivity index (χ3v) is 4.18. The van der Waals surface area contributed by atoms with Gasteiger partial charge in [0, 0.05) is 17.6 Å². The lowest BCUT2D eigenvalue weighted by molar-refractivity contribution is -0.122. The Kier molecular flexibility index (Phi) is 3.35. The fraction of sp³-hybridized carbons (Fsp3) is 0.545. The highest BCUT2D eigenvalue weighted by molar-refractivity contribution is 7.99. The first kappa shape index (κ1) is 12.3. The fourth-order valence-corrected chi connectivity index (χ4v) is 3.09. The second kappa shape index (κ2) is 4.62. The summed E-state index contributed by atoms with van der Waals surface area (Å²) in [5.74, 6) is -0.412. The molecule has 4 N–H and O–H groups in total.